The first kappa shape index (κ1) is 11.7. The van der Waals surface area contributed by atoms with Gasteiger partial charge in [0.25, 0.3) is 0 Å². The number of aryl methyl sites for hydroxylation is 1. The van der Waals surface area contributed by atoms with E-state index in [0.29, 0.717) is 6.04 Å². The lowest BCUT2D eigenvalue weighted by molar-refractivity contribution is 0.560. The number of rotatable bonds is 6. The van der Waals surface area contributed by atoms with Crippen molar-refractivity contribution in [3.05, 3.63) is 30.9 Å². The fraction of sp³-hybridized carbons (Fsp3) is 0.500. The van der Waals surface area contributed by atoms with Crippen molar-refractivity contribution in [2.24, 2.45) is 0 Å². The molecule has 0 unspecified atom stereocenters. The summed E-state index contributed by atoms with van der Waals surface area (Å²) in [5.41, 5.74) is 1.07. The molecule has 17 heavy (non-hydrogen) atoms. The summed E-state index contributed by atoms with van der Waals surface area (Å²) in [6, 6.07) is 2.26. The molecule has 0 aliphatic heterocycles. The third-order valence-electron chi connectivity index (χ3n) is 2.52. The molecule has 0 amide bonds. The molecule has 2 rings (SSSR count). The monoisotopic (exact) mass is 233 g/mol. The van der Waals surface area contributed by atoms with Gasteiger partial charge in [-0.3, -0.25) is 9.36 Å². The van der Waals surface area contributed by atoms with E-state index in [0.717, 1.165) is 25.2 Å². The van der Waals surface area contributed by atoms with Crippen molar-refractivity contribution in [2.45, 2.75) is 39.4 Å². The molecule has 0 spiro atoms. The van der Waals surface area contributed by atoms with Crippen molar-refractivity contribution in [1.82, 2.24) is 19.6 Å². The van der Waals surface area contributed by atoms with Crippen LogP contribution in [0.2, 0.25) is 0 Å². The topological polar surface area (TPSA) is 47.7 Å². The lowest BCUT2D eigenvalue weighted by Crippen LogP contribution is -2.21. The highest BCUT2D eigenvalue weighted by molar-refractivity contribution is 5.38. The Kier molecular flexibility index (Phi) is 3.80. The quantitative estimate of drug-likeness (QED) is 0.830. The molecule has 0 aliphatic rings. The van der Waals surface area contributed by atoms with Crippen LogP contribution in [0.4, 0.5) is 5.69 Å². The van der Waals surface area contributed by atoms with Crippen molar-refractivity contribution in [2.75, 3.05) is 5.32 Å². The maximum Gasteiger partial charge on any atom is 0.0729 e. The summed E-state index contributed by atoms with van der Waals surface area (Å²) in [6.07, 6.45) is 8.78. The summed E-state index contributed by atoms with van der Waals surface area (Å²) in [5.74, 6) is 0. The van der Waals surface area contributed by atoms with E-state index in [1.165, 1.54) is 0 Å². The molecule has 0 bridgehead atoms. The highest BCUT2D eigenvalue weighted by Crippen LogP contribution is 2.08. The van der Waals surface area contributed by atoms with E-state index in [-0.39, 0.29) is 0 Å². The first-order valence-corrected chi connectivity index (χ1v) is 6.04. The van der Waals surface area contributed by atoms with Gasteiger partial charge in [0.05, 0.1) is 18.4 Å². The fourth-order valence-electron chi connectivity index (χ4n) is 1.81. The van der Waals surface area contributed by atoms with Crippen LogP contribution in [0.25, 0.3) is 0 Å². The molecule has 0 aliphatic carbocycles. The van der Waals surface area contributed by atoms with Crippen LogP contribution in [0, 0.1) is 0 Å². The molecule has 0 radical (unpaired) electrons. The number of anilines is 1. The Morgan fingerprint density at radius 3 is 2.94 bits per heavy atom. The smallest absolute Gasteiger partial charge is 0.0729 e. The van der Waals surface area contributed by atoms with Crippen molar-refractivity contribution >= 4 is 5.69 Å². The minimum absolute atomic E-state index is 0.328. The Bertz CT molecular complexity index is 431. The fourth-order valence-corrected chi connectivity index (χ4v) is 1.81. The van der Waals surface area contributed by atoms with Crippen LogP contribution in [0.1, 0.15) is 20.3 Å². The van der Waals surface area contributed by atoms with Gasteiger partial charge in [0.15, 0.2) is 0 Å². The molecular weight excluding hydrogens is 214 g/mol. The Hall–Kier alpha value is -1.78. The van der Waals surface area contributed by atoms with E-state index in [9.17, 15) is 0 Å². The van der Waals surface area contributed by atoms with Crippen LogP contribution in [-0.4, -0.2) is 25.6 Å². The molecular formula is C12H19N5. The van der Waals surface area contributed by atoms with Gasteiger partial charge < -0.3 is 5.32 Å². The van der Waals surface area contributed by atoms with Crippen LogP contribution in [0.15, 0.2) is 30.9 Å². The number of aromatic nitrogens is 4. The van der Waals surface area contributed by atoms with Crippen molar-refractivity contribution in [3.63, 3.8) is 0 Å². The summed E-state index contributed by atoms with van der Waals surface area (Å²) in [6.45, 7) is 6.11. The van der Waals surface area contributed by atoms with E-state index < -0.39 is 0 Å². The lowest BCUT2D eigenvalue weighted by Gasteiger charge is -2.13. The van der Waals surface area contributed by atoms with Gasteiger partial charge in [-0.25, -0.2) is 0 Å². The van der Waals surface area contributed by atoms with Crippen LogP contribution in [0.3, 0.4) is 0 Å². The second-order valence-electron chi connectivity index (χ2n) is 4.27. The van der Waals surface area contributed by atoms with Crippen molar-refractivity contribution in [3.8, 4) is 0 Å². The van der Waals surface area contributed by atoms with Gasteiger partial charge >= 0.3 is 0 Å². The van der Waals surface area contributed by atoms with Gasteiger partial charge in [-0.1, -0.05) is 6.92 Å². The SMILES string of the molecule is CCCn1cc(N[C@@H](C)Cn2cccn2)cn1. The van der Waals surface area contributed by atoms with Crippen LogP contribution >= 0.6 is 0 Å². The molecule has 2 aromatic heterocycles. The summed E-state index contributed by atoms with van der Waals surface area (Å²) in [5, 5.41) is 11.9. The Labute approximate surface area is 101 Å². The molecule has 5 heteroatoms. The highest BCUT2D eigenvalue weighted by atomic mass is 15.3. The number of nitrogens with one attached hydrogen (secondary N) is 1. The average Bonchev–Trinajstić information content (AvgIpc) is 2.91. The second kappa shape index (κ2) is 5.52. The Morgan fingerprint density at radius 1 is 1.35 bits per heavy atom. The van der Waals surface area contributed by atoms with E-state index in [1.807, 2.05) is 34.0 Å². The molecule has 1 N–H and O–H groups in total. The van der Waals surface area contributed by atoms with Crippen LogP contribution in [0.5, 0.6) is 0 Å². The molecule has 0 fully saturated rings. The highest BCUT2D eigenvalue weighted by Gasteiger charge is 2.04. The third kappa shape index (κ3) is 3.34. The molecule has 92 valence electrons. The number of nitrogens with zero attached hydrogens (tertiary/aromatic N) is 4. The average molecular weight is 233 g/mol. The summed E-state index contributed by atoms with van der Waals surface area (Å²) >= 11 is 0. The zero-order chi connectivity index (χ0) is 12.1. The van der Waals surface area contributed by atoms with E-state index in [1.54, 1.807) is 6.20 Å². The van der Waals surface area contributed by atoms with Gasteiger partial charge in [0.2, 0.25) is 0 Å². The zero-order valence-corrected chi connectivity index (χ0v) is 10.4. The predicted octanol–water partition coefficient (Wildman–Crippen LogP) is 1.99. The molecule has 0 saturated carbocycles. The molecule has 0 aromatic carbocycles. The van der Waals surface area contributed by atoms with Gasteiger partial charge in [0.1, 0.15) is 0 Å². The molecule has 2 heterocycles. The standard InChI is InChI=1S/C12H19N5/c1-3-6-16-10-12(8-14-16)15-11(2)9-17-7-4-5-13-17/h4-5,7-8,10-11,15H,3,6,9H2,1-2H3/t11-/m0/s1. The maximum atomic E-state index is 4.29. The first-order chi connectivity index (χ1) is 8.28. The minimum Gasteiger partial charge on any atom is -0.378 e. The third-order valence-corrected chi connectivity index (χ3v) is 2.52. The lowest BCUT2D eigenvalue weighted by atomic mass is 10.3. The van der Waals surface area contributed by atoms with E-state index in [2.05, 4.69) is 29.4 Å². The van der Waals surface area contributed by atoms with Crippen LogP contribution in [-0.2, 0) is 13.1 Å². The molecule has 5 nitrogen and oxygen atoms in total. The molecule has 1 atom stereocenters. The number of hydrogen-bond donors (Lipinski definition) is 1. The van der Waals surface area contributed by atoms with E-state index >= 15 is 0 Å². The maximum absolute atomic E-state index is 4.29. The van der Waals surface area contributed by atoms with Gasteiger partial charge in [-0.2, -0.15) is 10.2 Å². The van der Waals surface area contributed by atoms with Crippen molar-refractivity contribution < 1.29 is 0 Å². The van der Waals surface area contributed by atoms with Gasteiger partial charge in [-0.05, 0) is 19.4 Å². The van der Waals surface area contributed by atoms with Gasteiger partial charge in [0, 0.05) is 31.2 Å². The number of hydrogen-bond acceptors (Lipinski definition) is 3. The summed E-state index contributed by atoms with van der Waals surface area (Å²) in [4.78, 5) is 0. The second-order valence-corrected chi connectivity index (χ2v) is 4.27. The molecule has 2 aromatic rings. The minimum atomic E-state index is 0.328. The summed E-state index contributed by atoms with van der Waals surface area (Å²) in [7, 11) is 0. The van der Waals surface area contributed by atoms with Crippen molar-refractivity contribution in [1.29, 1.82) is 0 Å². The Balaban J connectivity index is 1.86. The first-order valence-electron chi connectivity index (χ1n) is 6.04. The molecule has 0 saturated heterocycles. The zero-order valence-electron chi connectivity index (χ0n) is 10.4. The largest absolute Gasteiger partial charge is 0.378 e. The van der Waals surface area contributed by atoms with E-state index in [4.69, 9.17) is 0 Å². The summed E-state index contributed by atoms with van der Waals surface area (Å²) < 4.78 is 3.89. The normalized spacial score (nSPS) is 12.6. The Morgan fingerprint density at radius 2 is 2.24 bits per heavy atom. The van der Waals surface area contributed by atoms with Crippen LogP contribution < -0.4 is 5.32 Å². The predicted molar refractivity (Wildman–Crippen MR) is 67.8 cm³/mol. The van der Waals surface area contributed by atoms with Gasteiger partial charge in [-0.15, -0.1) is 0 Å².